The van der Waals surface area contributed by atoms with Gasteiger partial charge in [-0.05, 0) is 56.3 Å². The molecule has 8 heteroatoms. The van der Waals surface area contributed by atoms with Crippen LogP contribution in [-0.2, 0) is 10.0 Å². The lowest BCUT2D eigenvalue weighted by Gasteiger charge is -2.12. The number of hydrogen-bond acceptors (Lipinski definition) is 3. The van der Waals surface area contributed by atoms with Gasteiger partial charge in [0.1, 0.15) is 0 Å². The van der Waals surface area contributed by atoms with Crippen LogP contribution < -0.4 is 10.0 Å². The van der Waals surface area contributed by atoms with Gasteiger partial charge < -0.3 is 5.32 Å². The van der Waals surface area contributed by atoms with Crippen LogP contribution in [0.2, 0.25) is 10.0 Å². The molecule has 0 spiro atoms. The summed E-state index contributed by atoms with van der Waals surface area (Å²) in [6.07, 6.45) is 0. The number of halogens is 2. The maximum atomic E-state index is 12.4. The minimum absolute atomic E-state index is 0.0261. The maximum absolute atomic E-state index is 12.4. The summed E-state index contributed by atoms with van der Waals surface area (Å²) >= 11 is 11.8. The van der Waals surface area contributed by atoms with Gasteiger partial charge in [-0.3, -0.25) is 4.79 Å². The van der Waals surface area contributed by atoms with Gasteiger partial charge in [-0.2, -0.15) is 0 Å². The largest absolute Gasteiger partial charge is 0.322 e. The Balaban J connectivity index is 2.31. The average Bonchev–Trinajstić information content (AvgIpc) is 2.48. The molecule has 0 aliphatic rings. The number of rotatable bonds is 5. The molecule has 0 unspecified atom stereocenters. The molecular weight excluding hydrogens is 371 g/mol. The third kappa shape index (κ3) is 4.70. The van der Waals surface area contributed by atoms with Crippen LogP contribution in [0.5, 0.6) is 0 Å². The Morgan fingerprint density at radius 2 is 1.67 bits per heavy atom. The fourth-order valence-corrected chi connectivity index (χ4v) is 3.56. The van der Waals surface area contributed by atoms with Gasteiger partial charge in [-0.15, -0.1) is 0 Å². The van der Waals surface area contributed by atoms with Crippen LogP contribution in [0.3, 0.4) is 0 Å². The zero-order valence-corrected chi connectivity index (χ0v) is 15.3. The fraction of sp³-hybridized carbons (Fsp3) is 0.188. The van der Waals surface area contributed by atoms with Crippen LogP contribution in [0.25, 0.3) is 0 Å². The number of carbonyl (C=O) groups is 1. The topological polar surface area (TPSA) is 75.3 Å². The van der Waals surface area contributed by atoms with Crippen molar-refractivity contribution in [3.63, 3.8) is 0 Å². The summed E-state index contributed by atoms with van der Waals surface area (Å²) in [6.45, 7) is 3.42. The number of amides is 1. The second-order valence-corrected chi connectivity index (χ2v) is 7.94. The van der Waals surface area contributed by atoms with Crippen LogP contribution in [0.15, 0.2) is 47.4 Å². The van der Waals surface area contributed by atoms with Gasteiger partial charge in [-0.1, -0.05) is 23.2 Å². The average molecular weight is 387 g/mol. The first-order valence-corrected chi connectivity index (χ1v) is 9.32. The van der Waals surface area contributed by atoms with E-state index in [1.54, 1.807) is 38.1 Å². The number of carbonyl (C=O) groups excluding carboxylic acids is 1. The third-order valence-corrected chi connectivity index (χ3v) is 5.22. The molecule has 0 radical (unpaired) electrons. The molecule has 24 heavy (non-hydrogen) atoms. The van der Waals surface area contributed by atoms with Crippen molar-refractivity contribution < 1.29 is 13.2 Å². The number of nitrogens with one attached hydrogen (secondary N) is 2. The van der Waals surface area contributed by atoms with E-state index in [2.05, 4.69) is 10.0 Å². The van der Waals surface area contributed by atoms with Gasteiger partial charge in [0, 0.05) is 16.8 Å². The monoisotopic (exact) mass is 386 g/mol. The summed E-state index contributed by atoms with van der Waals surface area (Å²) in [6, 6.07) is 10.2. The van der Waals surface area contributed by atoms with Crippen molar-refractivity contribution in [1.82, 2.24) is 4.72 Å². The molecule has 2 aromatic rings. The first kappa shape index (κ1) is 18.7. The summed E-state index contributed by atoms with van der Waals surface area (Å²) in [5, 5.41) is 3.35. The van der Waals surface area contributed by atoms with Gasteiger partial charge in [-0.25, -0.2) is 13.1 Å². The van der Waals surface area contributed by atoms with E-state index >= 15 is 0 Å². The minimum atomic E-state index is -3.72. The molecule has 2 N–H and O–H groups in total. The molecule has 0 aromatic heterocycles. The highest BCUT2D eigenvalue weighted by atomic mass is 35.5. The lowest BCUT2D eigenvalue weighted by molar-refractivity contribution is 0.102. The first-order valence-electron chi connectivity index (χ1n) is 7.08. The van der Waals surface area contributed by atoms with Crippen LogP contribution in [-0.4, -0.2) is 20.4 Å². The van der Waals surface area contributed by atoms with Gasteiger partial charge in [0.05, 0.1) is 15.5 Å². The van der Waals surface area contributed by atoms with Crippen molar-refractivity contribution in [3.05, 3.63) is 58.1 Å². The Morgan fingerprint density at radius 1 is 1.04 bits per heavy atom. The van der Waals surface area contributed by atoms with Crippen molar-refractivity contribution >= 4 is 44.8 Å². The van der Waals surface area contributed by atoms with Crippen LogP contribution in [0, 0.1) is 0 Å². The second kappa shape index (κ2) is 7.53. The van der Waals surface area contributed by atoms with Crippen LogP contribution in [0.4, 0.5) is 5.69 Å². The predicted octanol–water partition coefficient (Wildman–Crippen LogP) is 3.93. The molecule has 2 aromatic carbocycles. The van der Waals surface area contributed by atoms with E-state index in [-0.39, 0.29) is 21.5 Å². The molecule has 0 aliphatic heterocycles. The zero-order valence-electron chi connectivity index (χ0n) is 13.0. The van der Waals surface area contributed by atoms with Crippen molar-refractivity contribution in [2.75, 3.05) is 5.32 Å². The molecule has 0 heterocycles. The van der Waals surface area contributed by atoms with Gasteiger partial charge in [0.15, 0.2) is 0 Å². The molecule has 0 aliphatic carbocycles. The summed E-state index contributed by atoms with van der Waals surface area (Å²) in [4.78, 5) is 12.4. The van der Waals surface area contributed by atoms with Crippen LogP contribution >= 0.6 is 23.2 Å². The van der Waals surface area contributed by atoms with Gasteiger partial charge >= 0.3 is 0 Å². The molecule has 0 fully saturated rings. The molecule has 0 atom stereocenters. The van der Waals surface area contributed by atoms with E-state index in [9.17, 15) is 13.2 Å². The second-order valence-electron chi connectivity index (χ2n) is 5.38. The van der Waals surface area contributed by atoms with Crippen molar-refractivity contribution in [2.45, 2.75) is 24.8 Å². The minimum Gasteiger partial charge on any atom is -0.322 e. The highest BCUT2D eigenvalue weighted by Gasteiger charge is 2.19. The Morgan fingerprint density at radius 3 is 2.25 bits per heavy atom. The van der Waals surface area contributed by atoms with E-state index in [0.29, 0.717) is 10.7 Å². The molecule has 5 nitrogen and oxygen atoms in total. The third-order valence-electron chi connectivity index (χ3n) is 2.99. The van der Waals surface area contributed by atoms with Crippen molar-refractivity contribution in [1.29, 1.82) is 0 Å². The Kier molecular flexibility index (Phi) is 5.87. The number of anilines is 1. The molecule has 0 saturated carbocycles. The maximum Gasteiger partial charge on any atom is 0.257 e. The summed E-state index contributed by atoms with van der Waals surface area (Å²) < 4.78 is 26.9. The van der Waals surface area contributed by atoms with E-state index in [0.717, 1.165) is 0 Å². The Hall–Kier alpha value is -1.60. The molecule has 2 rings (SSSR count). The highest BCUT2D eigenvalue weighted by molar-refractivity contribution is 7.89. The number of benzene rings is 2. The molecule has 0 bridgehead atoms. The summed E-state index contributed by atoms with van der Waals surface area (Å²) in [7, 11) is -3.72. The lowest BCUT2D eigenvalue weighted by atomic mass is 10.2. The zero-order chi connectivity index (χ0) is 17.9. The molecular formula is C16H16Cl2N2O3S. The standard InChI is InChI=1S/C16H16Cl2N2O3S/c1-10(2)20-24(22,23)13-7-8-15(18)14(9-13)16(21)19-12-5-3-11(17)4-6-12/h3-10,20H,1-2H3,(H,19,21). The van der Waals surface area contributed by atoms with E-state index in [1.165, 1.54) is 18.2 Å². The van der Waals surface area contributed by atoms with Crippen LogP contribution in [0.1, 0.15) is 24.2 Å². The SMILES string of the molecule is CC(C)NS(=O)(=O)c1ccc(Cl)c(C(=O)Nc2ccc(Cl)cc2)c1. The highest BCUT2D eigenvalue weighted by Crippen LogP contribution is 2.22. The summed E-state index contributed by atoms with van der Waals surface area (Å²) in [5.41, 5.74) is 0.590. The normalized spacial score (nSPS) is 11.5. The van der Waals surface area contributed by atoms with E-state index in [4.69, 9.17) is 23.2 Å². The Bertz CT molecular complexity index is 850. The smallest absolute Gasteiger partial charge is 0.257 e. The quantitative estimate of drug-likeness (QED) is 0.816. The van der Waals surface area contributed by atoms with E-state index in [1.807, 2.05) is 0 Å². The number of hydrogen-bond donors (Lipinski definition) is 2. The first-order chi connectivity index (χ1) is 11.2. The molecule has 0 saturated heterocycles. The van der Waals surface area contributed by atoms with Gasteiger partial charge in [0.2, 0.25) is 10.0 Å². The fourth-order valence-electron chi connectivity index (χ4n) is 1.96. The van der Waals surface area contributed by atoms with Crippen molar-refractivity contribution in [2.24, 2.45) is 0 Å². The molecule has 128 valence electrons. The van der Waals surface area contributed by atoms with Gasteiger partial charge in [0.25, 0.3) is 5.91 Å². The summed E-state index contributed by atoms with van der Waals surface area (Å²) in [5.74, 6) is -0.510. The molecule has 1 amide bonds. The number of sulfonamides is 1. The van der Waals surface area contributed by atoms with Crippen molar-refractivity contribution in [3.8, 4) is 0 Å². The lowest BCUT2D eigenvalue weighted by Crippen LogP contribution is -2.30. The van der Waals surface area contributed by atoms with E-state index < -0.39 is 15.9 Å². The Labute approximate surface area is 151 Å². The predicted molar refractivity (Wildman–Crippen MR) is 96.3 cm³/mol.